The van der Waals surface area contributed by atoms with E-state index in [1.165, 1.54) is 0 Å². The maximum Gasteiger partial charge on any atom is 0.340 e. The van der Waals surface area contributed by atoms with Crippen LogP contribution in [0.3, 0.4) is 0 Å². The molecule has 4 rings (SSSR count). The maximum absolute atomic E-state index is 14.8. The lowest BCUT2D eigenvalue weighted by atomic mass is 9.99. The van der Waals surface area contributed by atoms with Gasteiger partial charge in [-0.1, -0.05) is 12.1 Å². The first-order chi connectivity index (χ1) is 15.0. The van der Waals surface area contributed by atoms with Crippen LogP contribution in [0.4, 0.5) is 14.5 Å². The highest BCUT2D eigenvalue weighted by Gasteiger charge is 2.16. The zero-order valence-corrected chi connectivity index (χ0v) is 18.1. The van der Waals surface area contributed by atoms with Gasteiger partial charge in [0.2, 0.25) is 0 Å². The van der Waals surface area contributed by atoms with E-state index in [1.54, 1.807) is 50.4 Å². The lowest BCUT2D eigenvalue weighted by Crippen LogP contribution is -2.12. The molecule has 2 N–H and O–H groups in total. The van der Waals surface area contributed by atoms with E-state index < -0.39 is 16.6 Å². The second-order valence-electron chi connectivity index (χ2n) is 6.55. The molecule has 0 bridgehead atoms. The van der Waals surface area contributed by atoms with Crippen molar-refractivity contribution in [3.63, 3.8) is 0 Å². The molecule has 31 heavy (non-hydrogen) atoms. The summed E-state index contributed by atoms with van der Waals surface area (Å²) in [5.74, 6) is -0.0624. The van der Waals surface area contributed by atoms with Crippen LogP contribution >= 0.6 is 23.5 Å². The molecule has 0 aliphatic carbocycles. The molecule has 2 heterocycles. The number of aryl methyl sites for hydroxylation is 1. The molecule has 0 unspecified atom stereocenters. The van der Waals surface area contributed by atoms with E-state index in [2.05, 4.69) is 14.4 Å². The van der Waals surface area contributed by atoms with Gasteiger partial charge in [-0.25, -0.2) is 18.9 Å². The van der Waals surface area contributed by atoms with Gasteiger partial charge in [0.05, 0.1) is 11.9 Å². The molecule has 4 aromatic rings. The lowest BCUT2D eigenvalue weighted by molar-refractivity contribution is 0.476. The van der Waals surface area contributed by atoms with Crippen molar-refractivity contribution in [1.82, 2.24) is 9.71 Å². The Balaban J connectivity index is 1.67. The van der Waals surface area contributed by atoms with E-state index in [0.29, 0.717) is 39.1 Å². The van der Waals surface area contributed by atoms with E-state index >= 15 is 0 Å². The van der Waals surface area contributed by atoms with Gasteiger partial charge in [-0.15, -0.1) is 0 Å². The van der Waals surface area contributed by atoms with Crippen LogP contribution < -0.4 is 19.8 Å². The van der Waals surface area contributed by atoms with Crippen molar-refractivity contribution in [2.75, 3.05) is 11.8 Å². The van der Waals surface area contributed by atoms with Crippen LogP contribution in [-0.2, 0) is 6.42 Å². The number of ether oxygens (including phenoxy) is 1. The minimum atomic E-state index is -0.551. The standard InChI is InChI=1S/C21H17F2N3O3S2/c1-11-14-7-6-13(28-21-25-10-18(22)30-21)9-17(14)29-20(27)15(11)8-12-4-3-5-16(19(12)23)26-31-24-2/h3-7,9-10,24,26H,8H2,1-2H3. The molecule has 0 radical (unpaired) electrons. The molecule has 6 nitrogen and oxygen atoms in total. The van der Waals surface area contributed by atoms with E-state index in [0.717, 1.165) is 29.7 Å². The van der Waals surface area contributed by atoms with Crippen LogP contribution in [-0.4, -0.2) is 12.0 Å². The van der Waals surface area contributed by atoms with E-state index in [9.17, 15) is 13.6 Å². The third-order valence-corrected chi connectivity index (χ3v) is 5.82. The highest BCUT2D eigenvalue weighted by atomic mass is 32.2. The van der Waals surface area contributed by atoms with Crippen LogP contribution in [0, 0.1) is 17.9 Å². The Morgan fingerprint density at radius 2 is 2.10 bits per heavy atom. The summed E-state index contributed by atoms with van der Waals surface area (Å²) in [6.45, 7) is 1.79. The number of nitrogens with one attached hydrogen (secondary N) is 2. The van der Waals surface area contributed by atoms with Gasteiger partial charge in [-0.3, -0.25) is 0 Å². The number of halogens is 2. The average Bonchev–Trinajstić information content (AvgIpc) is 3.15. The van der Waals surface area contributed by atoms with Gasteiger partial charge in [0.15, 0.2) is 10.9 Å². The number of thiazole rings is 1. The largest absolute Gasteiger partial charge is 0.431 e. The number of anilines is 1. The van der Waals surface area contributed by atoms with Crippen molar-refractivity contribution >= 4 is 40.1 Å². The molecule has 160 valence electrons. The van der Waals surface area contributed by atoms with Crippen LogP contribution in [0.25, 0.3) is 11.0 Å². The number of hydrogen-bond donors (Lipinski definition) is 2. The molecule has 0 saturated heterocycles. The van der Waals surface area contributed by atoms with Gasteiger partial charge in [-0.05, 0) is 54.6 Å². The molecule has 0 fully saturated rings. The number of rotatable bonds is 7. The minimum Gasteiger partial charge on any atom is -0.431 e. The van der Waals surface area contributed by atoms with Crippen LogP contribution in [0.5, 0.6) is 10.9 Å². The third-order valence-electron chi connectivity index (χ3n) is 4.63. The molecule has 0 aliphatic heterocycles. The number of aromatic nitrogens is 1. The second kappa shape index (κ2) is 9.04. The highest BCUT2D eigenvalue weighted by Crippen LogP contribution is 2.30. The first kappa shape index (κ1) is 21.3. The Morgan fingerprint density at radius 3 is 2.84 bits per heavy atom. The van der Waals surface area contributed by atoms with Crippen molar-refractivity contribution in [3.05, 3.63) is 80.7 Å². The predicted octanol–water partition coefficient (Wildman–Crippen LogP) is 5.41. The fourth-order valence-corrected chi connectivity index (χ4v) is 4.01. The summed E-state index contributed by atoms with van der Waals surface area (Å²) in [5, 5.41) is 0.388. The molecule has 0 aliphatic rings. The Labute approximate surface area is 184 Å². The Bertz CT molecular complexity index is 1310. The number of hydrogen-bond acceptors (Lipinski definition) is 8. The Hall–Kier alpha value is -2.95. The molecule has 0 saturated carbocycles. The van der Waals surface area contributed by atoms with Gasteiger partial charge in [0.25, 0.3) is 5.19 Å². The first-order valence-corrected chi connectivity index (χ1v) is 10.8. The summed E-state index contributed by atoms with van der Waals surface area (Å²) >= 11 is 1.91. The predicted molar refractivity (Wildman–Crippen MR) is 119 cm³/mol. The molecule has 2 aromatic heterocycles. The van der Waals surface area contributed by atoms with Gasteiger partial charge in [0.1, 0.15) is 11.3 Å². The molecule has 0 amide bonds. The number of fused-ring (bicyclic) bond motifs is 1. The SMILES string of the molecule is CNSNc1cccc(Cc2c(C)c3ccc(Oc4ncc(F)s4)cc3oc2=O)c1F. The topological polar surface area (TPSA) is 76.4 Å². The normalized spacial score (nSPS) is 11.1. The summed E-state index contributed by atoms with van der Waals surface area (Å²) in [6, 6.07) is 9.95. The molecule has 0 atom stereocenters. The Morgan fingerprint density at radius 1 is 1.26 bits per heavy atom. The molecule has 10 heteroatoms. The lowest BCUT2D eigenvalue weighted by Gasteiger charge is -2.12. The van der Waals surface area contributed by atoms with Gasteiger partial charge >= 0.3 is 5.63 Å². The average molecular weight is 462 g/mol. The van der Waals surface area contributed by atoms with E-state index in [-0.39, 0.29) is 11.6 Å². The first-order valence-electron chi connectivity index (χ1n) is 9.17. The summed E-state index contributed by atoms with van der Waals surface area (Å²) in [6.07, 6.45) is 1.16. The van der Waals surface area contributed by atoms with Gasteiger partial charge in [0, 0.05) is 35.6 Å². The van der Waals surface area contributed by atoms with E-state index in [1.807, 2.05) is 0 Å². The van der Waals surface area contributed by atoms with Crippen LogP contribution in [0.15, 0.2) is 51.8 Å². The minimum absolute atomic E-state index is 0.0896. The summed E-state index contributed by atoms with van der Waals surface area (Å²) in [4.78, 5) is 16.5. The quantitative estimate of drug-likeness (QED) is 0.281. The molecular formula is C21H17F2N3O3S2. The van der Waals surface area contributed by atoms with Crippen molar-refractivity contribution < 1.29 is 17.9 Å². The van der Waals surface area contributed by atoms with Gasteiger partial charge in [-0.2, -0.15) is 4.39 Å². The van der Waals surface area contributed by atoms with Crippen molar-refractivity contribution in [1.29, 1.82) is 0 Å². The van der Waals surface area contributed by atoms with Crippen LogP contribution in [0.2, 0.25) is 0 Å². The summed E-state index contributed by atoms with van der Waals surface area (Å²) in [7, 11) is 1.72. The Kier molecular flexibility index (Phi) is 6.21. The fraction of sp³-hybridized carbons (Fsp3) is 0.143. The second-order valence-corrected chi connectivity index (χ2v) is 8.31. The monoisotopic (exact) mass is 461 g/mol. The van der Waals surface area contributed by atoms with E-state index in [4.69, 9.17) is 9.15 Å². The summed E-state index contributed by atoms with van der Waals surface area (Å²) in [5.41, 5.74) is 1.54. The number of benzene rings is 2. The maximum atomic E-state index is 14.8. The van der Waals surface area contributed by atoms with Crippen molar-refractivity contribution in [3.8, 4) is 10.9 Å². The van der Waals surface area contributed by atoms with Crippen molar-refractivity contribution in [2.24, 2.45) is 0 Å². The third kappa shape index (κ3) is 4.55. The molecular weight excluding hydrogens is 444 g/mol. The smallest absolute Gasteiger partial charge is 0.340 e. The zero-order chi connectivity index (χ0) is 22.0. The molecule has 2 aromatic carbocycles. The molecule has 0 spiro atoms. The number of nitrogens with zero attached hydrogens (tertiary/aromatic N) is 1. The van der Waals surface area contributed by atoms with Crippen molar-refractivity contribution in [2.45, 2.75) is 13.3 Å². The summed E-state index contributed by atoms with van der Waals surface area (Å²) < 4.78 is 44.6. The fourth-order valence-electron chi connectivity index (χ4n) is 3.12. The van der Waals surface area contributed by atoms with Crippen LogP contribution in [0.1, 0.15) is 16.7 Å². The zero-order valence-electron chi connectivity index (χ0n) is 16.5. The van der Waals surface area contributed by atoms with Gasteiger partial charge < -0.3 is 13.9 Å². The highest BCUT2D eigenvalue weighted by molar-refractivity contribution is 7.98.